The number of benzene rings is 4. The summed E-state index contributed by atoms with van der Waals surface area (Å²) in [4.78, 5) is 29.4. The standard InChI is InChI=1S/C40H47N3O6Si/c1-25-38(48-3)34-21-30(42-40(46)26-10-12-29(41)13-11-26)14-19-35(34)49-39(25)36(50(4,5)33-17-15-32(47-2)16-18-33)22-37(45)43-23-28-9-7-6-8-27(28)20-31(43)24-44/h6-19,21,25,31,36,38-39,44H,20,22-24,41H2,1-5H3,(H,42,46)/t25-,31-,36?,38-,39-/m0/s1. The van der Waals surface area contributed by atoms with Crippen LogP contribution in [0, 0.1) is 5.92 Å². The van der Waals surface area contributed by atoms with Gasteiger partial charge in [0.15, 0.2) is 0 Å². The molecule has 2 aliphatic heterocycles. The molecular weight excluding hydrogens is 647 g/mol. The van der Waals surface area contributed by atoms with Crippen LogP contribution < -0.4 is 25.7 Å². The van der Waals surface area contributed by atoms with Gasteiger partial charge in [-0.05, 0) is 72.1 Å². The average Bonchev–Trinajstić information content (AvgIpc) is 3.13. The number of carbonyl (C=O) groups is 2. The number of nitrogens with one attached hydrogen (secondary N) is 1. The maximum absolute atomic E-state index is 14.5. The summed E-state index contributed by atoms with van der Waals surface area (Å²) in [5, 5.41) is 14.6. The fourth-order valence-electron chi connectivity index (χ4n) is 7.66. The number of amides is 2. The first-order valence-electron chi connectivity index (χ1n) is 17.2. The van der Waals surface area contributed by atoms with E-state index in [1.165, 1.54) is 10.8 Å². The minimum absolute atomic E-state index is 0.00827. The van der Waals surface area contributed by atoms with Crippen LogP contribution in [-0.4, -0.2) is 62.9 Å². The lowest BCUT2D eigenvalue weighted by atomic mass is 9.86. The number of nitrogens with two attached hydrogens (primary N) is 1. The van der Waals surface area contributed by atoms with Crippen LogP contribution in [0.5, 0.6) is 11.5 Å². The van der Waals surface area contributed by atoms with Gasteiger partial charge in [0.25, 0.3) is 5.91 Å². The van der Waals surface area contributed by atoms with E-state index in [9.17, 15) is 14.7 Å². The zero-order valence-corrected chi connectivity index (χ0v) is 30.4. The zero-order chi connectivity index (χ0) is 35.6. The van der Waals surface area contributed by atoms with Crippen molar-refractivity contribution in [2.75, 3.05) is 31.9 Å². The lowest BCUT2D eigenvalue weighted by molar-refractivity contribution is -0.136. The van der Waals surface area contributed by atoms with Gasteiger partial charge in [0.1, 0.15) is 17.6 Å². The van der Waals surface area contributed by atoms with Gasteiger partial charge in [0.05, 0.1) is 33.9 Å². The summed E-state index contributed by atoms with van der Waals surface area (Å²) < 4.78 is 18.6. The molecule has 4 N–H and O–H groups in total. The van der Waals surface area contributed by atoms with Crippen LogP contribution in [0.25, 0.3) is 0 Å². The van der Waals surface area contributed by atoms with Gasteiger partial charge in [-0.15, -0.1) is 0 Å². The number of aliphatic hydroxyl groups excluding tert-OH is 1. The SMILES string of the molecule is COc1ccc([Si](C)(C)C(CC(=O)N2Cc3ccccc3C[C@H]2CO)[C@H]2Oc3ccc(NC(=O)c4ccc(N)cc4)cc3[C@@H](OC)[C@@H]2C)cc1. The number of rotatable bonds is 10. The Morgan fingerprint density at radius 1 is 1.00 bits per heavy atom. The first kappa shape index (κ1) is 35.2. The highest BCUT2D eigenvalue weighted by atomic mass is 28.3. The van der Waals surface area contributed by atoms with Crippen molar-refractivity contribution < 1.29 is 28.9 Å². The molecular formula is C40H47N3O6Si. The van der Waals surface area contributed by atoms with Crippen molar-refractivity contribution in [2.45, 2.75) is 63.2 Å². The molecule has 9 nitrogen and oxygen atoms in total. The molecule has 6 rings (SSSR count). The molecule has 0 radical (unpaired) electrons. The maximum atomic E-state index is 14.5. The summed E-state index contributed by atoms with van der Waals surface area (Å²) in [7, 11) is 0.892. The van der Waals surface area contributed by atoms with Crippen LogP contribution in [0.4, 0.5) is 11.4 Å². The number of aliphatic hydroxyl groups is 1. The smallest absolute Gasteiger partial charge is 0.255 e. The van der Waals surface area contributed by atoms with Crippen LogP contribution >= 0.6 is 0 Å². The third kappa shape index (κ3) is 7.01. The molecule has 2 amide bonds. The molecule has 262 valence electrons. The molecule has 5 atom stereocenters. The largest absolute Gasteiger partial charge is 0.497 e. The summed E-state index contributed by atoms with van der Waals surface area (Å²) in [5.41, 5.74) is 10.5. The third-order valence-electron chi connectivity index (χ3n) is 10.7. The topological polar surface area (TPSA) is 123 Å². The van der Waals surface area contributed by atoms with Gasteiger partial charge in [-0.25, -0.2) is 0 Å². The molecule has 0 spiro atoms. The highest BCUT2D eigenvalue weighted by molar-refractivity contribution is 6.91. The molecule has 2 heterocycles. The summed E-state index contributed by atoms with van der Waals surface area (Å²) in [6, 6.07) is 28.4. The van der Waals surface area contributed by atoms with Crippen molar-refractivity contribution in [1.29, 1.82) is 0 Å². The van der Waals surface area contributed by atoms with Gasteiger partial charge >= 0.3 is 0 Å². The number of anilines is 2. The Bertz CT molecular complexity index is 1830. The molecule has 0 aromatic heterocycles. The molecule has 50 heavy (non-hydrogen) atoms. The molecule has 4 aromatic rings. The Hall–Kier alpha value is -4.64. The molecule has 0 saturated heterocycles. The quantitative estimate of drug-likeness (QED) is 0.139. The zero-order valence-electron chi connectivity index (χ0n) is 29.4. The van der Waals surface area contributed by atoms with E-state index in [1.807, 2.05) is 47.4 Å². The molecule has 0 fully saturated rings. The fraction of sp³-hybridized carbons (Fsp3) is 0.350. The first-order valence-corrected chi connectivity index (χ1v) is 20.2. The van der Waals surface area contributed by atoms with E-state index in [0.717, 1.165) is 16.9 Å². The van der Waals surface area contributed by atoms with E-state index < -0.39 is 8.07 Å². The van der Waals surface area contributed by atoms with Crippen molar-refractivity contribution >= 4 is 36.4 Å². The van der Waals surface area contributed by atoms with Crippen LogP contribution in [0.3, 0.4) is 0 Å². The van der Waals surface area contributed by atoms with Gasteiger partial charge in [-0.3, -0.25) is 9.59 Å². The summed E-state index contributed by atoms with van der Waals surface area (Å²) in [6.45, 7) is 7.07. The fourth-order valence-corrected chi connectivity index (χ4v) is 11.0. The number of hydrogen-bond acceptors (Lipinski definition) is 7. The minimum atomic E-state index is -2.45. The van der Waals surface area contributed by atoms with Crippen molar-refractivity contribution in [2.24, 2.45) is 5.92 Å². The Morgan fingerprint density at radius 2 is 1.70 bits per heavy atom. The monoisotopic (exact) mass is 693 g/mol. The second kappa shape index (κ2) is 14.7. The van der Waals surface area contributed by atoms with Crippen molar-refractivity contribution in [3.63, 3.8) is 0 Å². The van der Waals surface area contributed by atoms with E-state index in [0.29, 0.717) is 35.7 Å². The average molecular weight is 694 g/mol. The number of carbonyl (C=O) groups excluding carboxylic acids is 2. The third-order valence-corrected chi connectivity index (χ3v) is 14.9. The maximum Gasteiger partial charge on any atom is 0.255 e. The number of hydrogen-bond donors (Lipinski definition) is 3. The van der Waals surface area contributed by atoms with E-state index in [2.05, 4.69) is 49.6 Å². The lowest BCUT2D eigenvalue weighted by Crippen LogP contribution is -2.56. The molecule has 1 unspecified atom stereocenters. The molecule has 0 aliphatic carbocycles. The van der Waals surface area contributed by atoms with E-state index >= 15 is 0 Å². The minimum Gasteiger partial charge on any atom is -0.497 e. The van der Waals surface area contributed by atoms with Gasteiger partial charge in [-0.1, -0.05) is 61.6 Å². The summed E-state index contributed by atoms with van der Waals surface area (Å²) in [6.07, 6.45) is 0.192. The number of ether oxygens (including phenoxy) is 3. The lowest BCUT2D eigenvalue weighted by Gasteiger charge is -2.46. The van der Waals surface area contributed by atoms with Gasteiger partial charge in [0, 0.05) is 54.0 Å². The van der Waals surface area contributed by atoms with Crippen LogP contribution in [0.2, 0.25) is 18.6 Å². The van der Waals surface area contributed by atoms with Gasteiger partial charge in [-0.2, -0.15) is 0 Å². The number of nitrogens with zero attached hydrogens (tertiary/aromatic N) is 1. The Morgan fingerprint density at radius 3 is 2.36 bits per heavy atom. The number of methoxy groups -OCH3 is 2. The Balaban J connectivity index is 1.33. The van der Waals surface area contributed by atoms with Crippen molar-refractivity contribution in [3.8, 4) is 11.5 Å². The molecule has 0 saturated carbocycles. The van der Waals surface area contributed by atoms with Gasteiger partial charge < -0.3 is 35.3 Å². The summed E-state index contributed by atoms with van der Waals surface area (Å²) in [5.74, 6) is 1.08. The highest BCUT2D eigenvalue weighted by Gasteiger charge is 2.49. The predicted octanol–water partition coefficient (Wildman–Crippen LogP) is 5.94. The van der Waals surface area contributed by atoms with Crippen LogP contribution in [0.15, 0.2) is 91.0 Å². The molecule has 2 aliphatic rings. The summed E-state index contributed by atoms with van der Waals surface area (Å²) >= 11 is 0. The second-order valence-corrected chi connectivity index (χ2v) is 18.8. The molecule has 10 heteroatoms. The molecule has 0 bridgehead atoms. The van der Waals surface area contributed by atoms with E-state index in [-0.39, 0.29) is 54.6 Å². The van der Waals surface area contributed by atoms with Gasteiger partial charge in [0.2, 0.25) is 5.91 Å². The normalized spacial score (nSPS) is 20.6. The van der Waals surface area contributed by atoms with E-state index in [4.69, 9.17) is 19.9 Å². The molecule has 4 aromatic carbocycles. The number of nitrogen functional groups attached to an aromatic ring is 1. The van der Waals surface area contributed by atoms with E-state index in [1.54, 1.807) is 38.5 Å². The predicted molar refractivity (Wildman–Crippen MR) is 199 cm³/mol. The Kier molecular flexibility index (Phi) is 10.3. The van der Waals surface area contributed by atoms with Crippen molar-refractivity contribution in [1.82, 2.24) is 4.90 Å². The van der Waals surface area contributed by atoms with Crippen LogP contribution in [0.1, 0.15) is 46.5 Å². The Labute approximate surface area is 295 Å². The number of fused-ring (bicyclic) bond motifs is 2. The van der Waals surface area contributed by atoms with Crippen LogP contribution in [-0.2, 0) is 22.5 Å². The second-order valence-electron chi connectivity index (χ2n) is 14.0. The first-order chi connectivity index (χ1) is 24.0. The van der Waals surface area contributed by atoms with Crippen molar-refractivity contribution in [3.05, 3.63) is 113 Å². The highest BCUT2D eigenvalue weighted by Crippen LogP contribution is 2.48.